The van der Waals surface area contributed by atoms with E-state index >= 15 is 0 Å². The molecule has 1 aliphatic carbocycles. The van der Waals surface area contributed by atoms with Crippen LogP contribution in [-0.4, -0.2) is 49.7 Å². The lowest BCUT2D eigenvalue weighted by molar-refractivity contribution is 0.0945. The smallest absolute Gasteiger partial charge is 0.231 e. The number of fused-ring (bicyclic) bond motifs is 1. The zero-order valence-corrected chi connectivity index (χ0v) is 16.8. The van der Waals surface area contributed by atoms with Gasteiger partial charge in [0.2, 0.25) is 5.95 Å². The molecule has 0 radical (unpaired) electrons. The van der Waals surface area contributed by atoms with Crippen LogP contribution < -0.4 is 16.0 Å². The molecule has 9 heteroatoms. The maximum Gasteiger partial charge on any atom is 0.231 e. The molecule has 0 saturated heterocycles. The zero-order valence-electron chi connectivity index (χ0n) is 16.8. The van der Waals surface area contributed by atoms with Crippen LogP contribution in [0.3, 0.4) is 0 Å². The number of rotatable bonds is 8. The van der Waals surface area contributed by atoms with E-state index in [4.69, 9.17) is 5.41 Å². The molecule has 152 valence electrons. The summed E-state index contributed by atoms with van der Waals surface area (Å²) in [6, 6.07) is 6.07. The van der Waals surface area contributed by atoms with Crippen LogP contribution in [0.15, 0.2) is 18.2 Å². The first kappa shape index (κ1) is 19.1. The molecular weight excluding hydrogens is 368 g/mol. The molecule has 4 rings (SSSR count). The number of aliphatic hydroxyl groups is 1. The molecule has 0 unspecified atom stereocenters. The summed E-state index contributed by atoms with van der Waals surface area (Å²) in [5.74, 6) is 1.17. The van der Waals surface area contributed by atoms with E-state index in [0.29, 0.717) is 35.4 Å². The van der Waals surface area contributed by atoms with E-state index in [1.165, 1.54) is 6.21 Å². The van der Waals surface area contributed by atoms with Crippen molar-refractivity contribution >= 4 is 40.4 Å². The summed E-state index contributed by atoms with van der Waals surface area (Å²) in [4.78, 5) is 9.20. The number of nitrogens with one attached hydrogen (secondary N) is 5. The average molecular weight is 394 g/mol. The van der Waals surface area contributed by atoms with Gasteiger partial charge in [0.25, 0.3) is 0 Å². The van der Waals surface area contributed by atoms with E-state index < -0.39 is 5.60 Å². The molecule has 0 amide bonds. The molecule has 2 heterocycles. The fourth-order valence-electron chi connectivity index (χ4n) is 3.07. The lowest BCUT2D eigenvalue weighted by Gasteiger charge is -2.20. The van der Waals surface area contributed by atoms with Gasteiger partial charge in [-0.15, -0.1) is 0 Å². The predicted octanol–water partition coefficient (Wildman–Crippen LogP) is 3.16. The second-order valence-electron chi connectivity index (χ2n) is 8.06. The number of hydrogen-bond donors (Lipinski definition) is 6. The fourth-order valence-corrected chi connectivity index (χ4v) is 3.07. The molecule has 0 spiro atoms. The van der Waals surface area contributed by atoms with Gasteiger partial charge in [-0.25, -0.2) is 0 Å². The van der Waals surface area contributed by atoms with Crippen LogP contribution in [-0.2, 0) is 0 Å². The Morgan fingerprint density at radius 2 is 2.03 bits per heavy atom. The fraction of sp³-hybridized carbons (Fsp3) is 0.400. The van der Waals surface area contributed by atoms with Crippen LogP contribution in [0.2, 0.25) is 0 Å². The average Bonchev–Trinajstić information content (AvgIpc) is 3.40. The molecule has 0 atom stereocenters. The quantitative estimate of drug-likeness (QED) is 0.323. The Bertz CT molecular complexity index is 1050. The van der Waals surface area contributed by atoms with Crippen molar-refractivity contribution in [1.82, 2.24) is 20.2 Å². The van der Waals surface area contributed by atoms with Crippen molar-refractivity contribution < 1.29 is 5.11 Å². The highest BCUT2D eigenvalue weighted by atomic mass is 16.3. The lowest BCUT2D eigenvalue weighted by atomic mass is 10.1. The summed E-state index contributed by atoms with van der Waals surface area (Å²) < 4.78 is 0. The van der Waals surface area contributed by atoms with E-state index in [9.17, 15) is 5.11 Å². The van der Waals surface area contributed by atoms with Crippen LogP contribution in [0.25, 0.3) is 11.0 Å². The highest BCUT2D eigenvalue weighted by Crippen LogP contribution is 2.31. The second kappa shape index (κ2) is 7.32. The Morgan fingerprint density at radius 3 is 2.72 bits per heavy atom. The number of benzene rings is 1. The van der Waals surface area contributed by atoms with E-state index in [-0.39, 0.29) is 0 Å². The molecule has 1 aliphatic rings. The first-order chi connectivity index (χ1) is 13.8. The normalized spacial score (nSPS) is 14.1. The van der Waals surface area contributed by atoms with Gasteiger partial charge in [-0.1, -0.05) is 6.07 Å². The van der Waals surface area contributed by atoms with Crippen molar-refractivity contribution in [3.63, 3.8) is 0 Å². The molecule has 29 heavy (non-hydrogen) atoms. The number of anilines is 4. The van der Waals surface area contributed by atoms with Gasteiger partial charge in [-0.05, 0) is 45.7 Å². The van der Waals surface area contributed by atoms with Crippen LogP contribution in [0.4, 0.5) is 23.1 Å². The lowest BCUT2D eigenvalue weighted by Crippen LogP contribution is -2.29. The molecule has 2 aromatic heterocycles. The van der Waals surface area contributed by atoms with Gasteiger partial charge in [0.1, 0.15) is 5.82 Å². The minimum atomic E-state index is -0.863. The van der Waals surface area contributed by atoms with Gasteiger partial charge in [-0.2, -0.15) is 15.1 Å². The number of hydrogen-bond acceptors (Lipinski definition) is 8. The van der Waals surface area contributed by atoms with Crippen molar-refractivity contribution in [3.8, 4) is 0 Å². The van der Waals surface area contributed by atoms with E-state index in [2.05, 4.69) is 36.1 Å². The standard InChI is InChI=1S/C20H26N8O/c1-11-16-17(23-12-7-8-12)25-19(26-18(16)28-27-11)24-15-6-4-5-14(13(15)9-21)22-10-20(2,3)29/h4-6,9,12,21-22,29H,7-8,10H2,1-3H3,(H3,23,24,25,26,27,28). The molecule has 1 aromatic carbocycles. The molecule has 0 bridgehead atoms. The largest absolute Gasteiger partial charge is 0.389 e. The van der Waals surface area contributed by atoms with E-state index in [1.807, 2.05) is 25.1 Å². The van der Waals surface area contributed by atoms with Gasteiger partial charge in [0, 0.05) is 35.7 Å². The maximum absolute atomic E-state index is 9.99. The second-order valence-corrected chi connectivity index (χ2v) is 8.06. The first-order valence-electron chi connectivity index (χ1n) is 9.70. The monoisotopic (exact) mass is 394 g/mol. The molecular formula is C20H26N8O. The Labute approximate surface area is 168 Å². The number of H-pyrrole nitrogens is 1. The van der Waals surface area contributed by atoms with Crippen molar-refractivity contribution in [2.45, 2.75) is 45.3 Å². The SMILES string of the molecule is Cc1[nH]nc2nc(Nc3cccc(NCC(C)(C)O)c3C=N)nc(NC3CC3)c12. The van der Waals surface area contributed by atoms with Gasteiger partial charge < -0.3 is 26.5 Å². The van der Waals surface area contributed by atoms with Gasteiger partial charge >= 0.3 is 0 Å². The van der Waals surface area contributed by atoms with Gasteiger partial charge in [-0.3, -0.25) is 5.10 Å². The van der Waals surface area contributed by atoms with Crippen LogP contribution in [0.5, 0.6) is 0 Å². The Morgan fingerprint density at radius 1 is 1.28 bits per heavy atom. The minimum absolute atomic E-state index is 0.363. The molecule has 0 aliphatic heterocycles. The molecule has 3 aromatic rings. The summed E-state index contributed by atoms with van der Waals surface area (Å²) in [7, 11) is 0. The number of nitrogens with zero attached hydrogens (tertiary/aromatic N) is 3. The summed E-state index contributed by atoms with van der Waals surface area (Å²) in [5.41, 5.74) is 2.77. The third kappa shape index (κ3) is 4.29. The van der Waals surface area contributed by atoms with Gasteiger partial charge in [0.15, 0.2) is 5.65 Å². The summed E-state index contributed by atoms with van der Waals surface area (Å²) in [5, 5.41) is 35.9. The van der Waals surface area contributed by atoms with Crippen molar-refractivity contribution in [3.05, 3.63) is 29.5 Å². The van der Waals surface area contributed by atoms with E-state index in [1.54, 1.807) is 13.8 Å². The number of aromatic amines is 1. The Balaban J connectivity index is 1.66. The third-order valence-corrected chi connectivity index (χ3v) is 4.72. The Kier molecular flexibility index (Phi) is 4.83. The minimum Gasteiger partial charge on any atom is -0.389 e. The highest BCUT2D eigenvalue weighted by Gasteiger charge is 2.24. The maximum atomic E-state index is 9.99. The number of aromatic nitrogens is 4. The van der Waals surface area contributed by atoms with Crippen molar-refractivity contribution in [1.29, 1.82) is 5.41 Å². The van der Waals surface area contributed by atoms with Gasteiger partial charge in [0.05, 0.1) is 16.7 Å². The topological polar surface area (TPSA) is 135 Å². The zero-order chi connectivity index (χ0) is 20.6. The molecule has 1 saturated carbocycles. The van der Waals surface area contributed by atoms with E-state index in [0.717, 1.165) is 35.4 Å². The van der Waals surface area contributed by atoms with Crippen molar-refractivity contribution in [2.75, 3.05) is 22.5 Å². The summed E-state index contributed by atoms with van der Waals surface area (Å²) in [6.45, 7) is 5.78. The summed E-state index contributed by atoms with van der Waals surface area (Å²) in [6.07, 6.45) is 3.55. The highest BCUT2D eigenvalue weighted by molar-refractivity contribution is 5.95. The van der Waals surface area contributed by atoms with Crippen LogP contribution in [0.1, 0.15) is 37.9 Å². The molecule has 1 fully saturated rings. The first-order valence-corrected chi connectivity index (χ1v) is 9.70. The molecule has 6 N–H and O–H groups in total. The third-order valence-electron chi connectivity index (χ3n) is 4.72. The summed E-state index contributed by atoms with van der Waals surface area (Å²) >= 11 is 0. The van der Waals surface area contributed by atoms with Crippen LogP contribution in [0, 0.1) is 12.3 Å². The van der Waals surface area contributed by atoms with Crippen LogP contribution >= 0.6 is 0 Å². The Hall–Kier alpha value is -3.20. The predicted molar refractivity (Wildman–Crippen MR) is 115 cm³/mol. The van der Waals surface area contributed by atoms with Crippen molar-refractivity contribution in [2.24, 2.45) is 0 Å². The number of aryl methyl sites for hydroxylation is 1. The molecule has 9 nitrogen and oxygen atoms in total.